The van der Waals surface area contributed by atoms with Gasteiger partial charge in [-0.25, -0.2) is 4.98 Å². The molecule has 0 unspecified atom stereocenters. The maximum atomic E-state index is 12.8. The summed E-state index contributed by atoms with van der Waals surface area (Å²) in [6.45, 7) is 3.67. The van der Waals surface area contributed by atoms with Gasteiger partial charge in [0.05, 0.1) is 0 Å². The molecule has 5 nitrogen and oxygen atoms in total. The highest BCUT2D eigenvalue weighted by atomic mass is 16.2. The maximum absolute atomic E-state index is 12.8. The number of rotatable bonds is 3. The number of carbonyl (C=O) groups is 1. The van der Waals surface area contributed by atoms with E-state index in [2.05, 4.69) is 11.9 Å². The van der Waals surface area contributed by atoms with Crippen LogP contribution in [0.25, 0.3) is 5.65 Å². The molecule has 5 heteroatoms. The zero-order chi connectivity index (χ0) is 16.2. The Hall–Kier alpha value is -2.17. The quantitative estimate of drug-likeness (QED) is 0.875. The van der Waals surface area contributed by atoms with Crippen molar-refractivity contribution in [2.75, 3.05) is 13.1 Å². The summed E-state index contributed by atoms with van der Waals surface area (Å²) in [4.78, 5) is 31.4. The van der Waals surface area contributed by atoms with Crippen LogP contribution in [0.2, 0.25) is 0 Å². The average molecular weight is 313 g/mol. The van der Waals surface area contributed by atoms with E-state index in [1.165, 1.54) is 29.9 Å². The van der Waals surface area contributed by atoms with Crippen molar-refractivity contribution in [3.05, 3.63) is 46.5 Å². The van der Waals surface area contributed by atoms with Gasteiger partial charge in [-0.05, 0) is 37.3 Å². The first-order valence-corrected chi connectivity index (χ1v) is 8.46. The molecule has 0 aromatic carbocycles. The molecule has 1 atom stereocenters. The van der Waals surface area contributed by atoms with E-state index in [1.54, 1.807) is 18.3 Å². The molecule has 0 bridgehead atoms. The third-order valence-electron chi connectivity index (χ3n) is 4.68. The van der Waals surface area contributed by atoms with Crippen LogP contribution in [-0.4, -0.2) is 33.3 Å². The van der Waals surface area contributed by atoms with E-state index in [0.29, 0.717) is 11.6 Å². The number of aromatic nitrogens is 2. The number of hydrogen-bond donors (Lipinski definition) is 0. The second-order valence-electron chi connectivity index (χ2n) is 6.28. The lowest BCUT2D eigenvalue weighted by Crippen LogP contribution is -2.36. The predicted molar refractivity (Wildman–Crippen MR) is 89.6 cm³/mol. The Kier molecular flexibility index (Phi) is 4.74. The fourth-order valence-electron chi connectivity index (χ4n) is 3.41. The minimum atomic E-state index is -0.282. The van der Waals surface area contributed by atoms with E-state index in [0.717, 1.165) is 25.9 Å². The minimum Gasteiger partial charge on any atom is -0.338 e. The van der Waals surface area contributed by atoms with Crippen molar-refractivity contribution in [2.45, 2.75) is 39.0 Å². The van der Waals surface area contributed by atoms with E-state index in [1.807, 2.05) is 11.0 Å². The molecule has 0 aliphatic carbocycles. The van der Waals surface area contributed by atoms with Crippen LogP contribution in [0.1, 0.15) is 49.4 Å². The van der Waals surface area contributed by atoms with Gasteiger partial charge in [0.1, 0.15) is 11.2 Å². The standard InChI is InChI=1S/C18H23N3O2/c1-2-6-14-7-5-10-20(12-9-14)17(22)15-13-19-16-8-3-4-11-21(16)18(15)23/h3-4,8,11,13-14H,2,5-7,9-10,12H2,1H3/t14-/m0/s1. The van der Waals surface area contributed by atoms with Gasteiger partial charge in [0.15, 0.2) is 0 Å². The highest BCUT2D eigenvalue weighted by Gasteiger charge is 2.23. The SMILES string of the molecule is CCC[C@H]1CCCN(C(=O)c2cnc3ccccn3c2=O)CC1. The summed E-state index contributed by atoms with van der Waals surface area (Å²) in [7, 11) is 0. The van der Waals surface area contributed by atoms with Crippen molar-refractivity contribution < 1.29 is 4.79 Å². The Bertz CT molecular complexity index is 753. The topological polar surface area (TPSA) is 54.7 Å². The van der Waals surface area contributed by atoms with Gasteiger partial charge >= 0.3 is 0 Å². The Morgan fingerprint density at radius 3 is 3.00 bits per heavy atom. The largest absolute Gasteiger partial charge is 0.338 e. The first-order valence-electron chi connectivity index (χ1n) is 8.46. The smallest absolute Gasteiger partial charge is 0.270 e. The van der Waals surface area contributed by atoms with Crippen LogP contribution in [0.4, 0.5) is 0 Å². The molecule has 0 N–H and O–H groups in total. The number of nitrogens with zero attached hydrogens (tertiary/aromatic N) is 3. The number of fused-ring (bicyclic) bond motifs is 1. The zero-order valence-electron chi connectivity index (χ0n) is 13.6. The van der Waals surface area contributed by atoms with Gasteiger partial charge in [0.2, 0.25) is 0 Å². The first kappa shape index (κ1) is 15.7. The molecule has 0 saturated carbocycles. The molecule has 23 heavy (non-hydrogen) atoms. The highest BCUT2D eigenvalue weighted by Crippen LogP contribution is 2.22. The van der Waals surface area contributed by atoms with Crippen molar-refractivity contribution in [1.29, 1.82) is 0 Å². The average Bonchev–Trinajstić information content (AvgIpc) is 2.81. The molecular weight excluding hydrogens is 290 g/mol. The van der Waals surface area contributed by atoms with Crippen LogP contribution in [0, 0.1) is 5.92 Å². The third-order valence-corrected chi connectivity index (χ3v) is 4.68. The van der Waals surface area contributed by atoms with Gasteiger partial charge in [0.25, 0.3) is 11.5 Å². The summed E-state index contributed by atoms with van der Waals surface area (Å²) in [6, 6.07) is 5.36. The van der Waals surface area contributed by atoms with E-state index in [4.69, 9.17) is 0 Å². The van der Waals surface area contributed by atoms with Crippen LogP contribution in [-0.2, 0) is 0 Å². The van der Waals surface area contributed by atoms with Crippen LogP contribution >= 0.6 is 0 Å². The van der Waals surface area contributed by atoms with Gasteiger partial charge in [-0.3, -0.25) is 14.0 Å². The minimum absolute atomic E-state index is 0.169. The van der Waals surface area contributed by atoms with Gasteiger partial charge < -0.3 is 4.90 Å². The second-order valence-corrected chi connectivity index (χ2v) is 6.28. The molecule has 0 radical (unpaired) electrons. The van der Waals surface area contributed by atoms with Gasteiger partial charge in [0, 0.05) is 25.5 Å². The number of hydrogen-bond acceptors (Lipinski definition) is 3. The molecule has 1 saturated heterocycles. The van der Waals surface area contributed by atoms with Crippen LogP contribution < -0.4 is 5.56 Å². The molecule has 1 amide bonds. The maximum Gasteiger partial charge on any atom is 0.270 e. The molecule has 2 aromatic rings. The summed E-state index contributed by atoms with van der Waals surface area (Å²) in [5, 5.41) is 0. The van der Waals surface area contributed by atoms with Crippen molar-refractivity contribution in [1.82, 2.24) is 14.3 Å². The number of pyridine rings is 1. The summed E-state index contributed by atoms with van der Waals surface area (Å²) in [6.07, 6.45) is 8.71. The molecule has 1 fully saturated rings. The van der Waals surface area contributed by atoms with Gasteiger partial charge in [-0.1, -0.05) is 25.8 Å². The zero-order valence-corrected chi connectivity index (χ0v) is 13.6. The molecule has 0 spiro atoms. The highest BCUT2D eigenvalue weighted by molar-refractivity contribution is 5.93. The summed E-state index contributed by atoms with van der Waals surface area (Å²) in [5.41, 5.74) is 0.450. The van der Waals surface area contributed by atoms with Gasteiger partial charge in [-0.15, -0.1) is 0 Å². The molecule has 3 rings (SSSR count). The van der Waals surface area contributed by atoms with E-state index in [9.17, 15) is 9.59 Å². The monoisotopic (exact) mass is 313 g/mol. The summed E-state index contributed by atoms with van der Waals surface area (Å²) < 4.78 is 1.44. The Morgan fingerprint density at radius 1 is 1.30 bits per heavy atom. The summed E-state index contributed by atoms with van der Waals surface area (Å²) in [5.74, 6) is 0.520. The van der Waals surface area contributed by atoms with Crippen molar-refractivity contribution in [3.8, 4) is 0 Å². The number of carbonyl (C=O) groups excluding carboxylic acids is 1. The number of amides is 1. The first-order chi connectivity index (χ1) is 11.2. The lowest BCUT2D eigenvalue weighted by molar-refractivity contribution is 0.0757. The van der Waals surface area contributed by atoms with Crippen LogP contribution in [0.5, 0.6) is 0 Å². The molecule has 1 aliphatic heterocycles. The Morgan fingerprint density at radius 2 is 2.17 bits per heavy atom. The van der Waals surface area contributed by atoms with E-state index < -0.39 is 0 Å². The number of likely N-dealkylation sites (tertiary alicyclic amines) is 1. The lowest BCUT2D eigenvalue weighted by Gasteiger charge is -2.20. The van der Waals surface area contributed by atoms with Gasteiger partial charge in [-0.2, -0.15) is 0 Å². The predicted octanol–water partition coefficient (Wildman–Crippen LogP) is 2.74. The molecular formula is C18H23N3O2. The Labute approximate surface area is 136 Å². The van der Waals surface area contributed by atoms with Crippen molar-refractivity contribution in [3.63, 3.8) is 0 Å². The molecule has 3 heterocycles. The van der Waals surface area contributed by atoms with E-state index >= 15 is 0 Å². The lowest BCUT2D eigenvalue weighted by atomic mass is 9.96. The second kappa shape index (κ2) is 6.94. The molecule has 1 aliphatic rings. The van der Waals surface area contributed by atoms with Crippen LogP contribution in [0.3, 0.4) is 0 Å². The fraction of sp³-hybridized carbons (Fsp3) is 0.500. The Balaban J connectivity index is 1.83. The fourth-order valence-corrected chi connectivity index (χ4v) is 3.41. The molecule has 122 valence electrons. The molecule has 2 aromatic heterocycles. The third kappa shape index (κ3) is 3.28. The van der Waals surface area contributed by atoms with Crippen molar-refractivity contribution in [2.24, 2.45) is 5.92 Å². The van der Waals surface area contributed by atoms with Crippen molar-refractivity contribution >= 4 is 11.6 Å². The van der Waals surface area contributed by atoms with Crippen LogP contribution in [0.15, 0.2) is 35.4 Å². The normalized spacial score (nSPS) is 18.8. The summed E-state index contributed by atoms with van der Waals surface area (Å²) >= 11 is 0. The van der Waals surface area contributed by atoms with E-state index in [-0.39, 0.29) is 17.0 Å².